The van der Waals surface area contributed by atoms with Crippen molar-refractivity contribution in [1.29, 1.82) is 0 Å². The number of likely N-dealkylation sites (tertiary alicyclic amines) is 1. The molecule has 0 aromatic carbocycles. The minimum atomic E-state index is -0.603. The summed E-state index contributed by atoms with van der Waals surface area (Å²) in [6.07, 6.45) is 4.73. The predicted octanol–water partition coefficient (Wildman–Crippen LogP) is 1.98. The van der Waals surface area contributed by atoms with E-state index in [2.05, 4.69) is 9.97 Å². The van der Waals surface area contributed by atoms with E-state index in [1.54, 1.807) is 11.1 Å². The van der Waals surface area contributed by atoms with Gasteiger partial charge < -0.3 is 14.5 Å². The molecule has 126 valence electrons. The molecule has 0 aliphatic carbocycles. The quantitative estimate of drug-likeness (QED) is 0.858. The van der Waals surface area contributed by atoms with Crippen molar-refractivity contribution in [2.45, 2.75) is 12.5 Å². The molecule has 3 rings (SSSR count). The Morgan fingerprint density at radius 3 is 2.96 bits per heavy atom. The van der Waals surface area contributed by atoms with Crippen LogP contribution in [-0.4, -0.2) is 54.1 Å². The minimum absolute atomic E-state index is 0.0426. The molecule has 0 saturated carbocycles. The van der Waals surface area contributed by atoms with Crippen LogP contribution >= 0.6 is 0 Å². The molecule has 1 atom stereocenters. The number of anilines is 1. The van der Waals surface area contributed by atoms with Crippen molar-refractivity contribution >= 4 is 11.7 Å². The first-order chi connectivity index (χ1) is 11.6. The molecule has 1 amide bonds. The topological polar surface area (TPSA) is 58.6 Å². The zero-order valence-corrected chi connectivity index (χ0v) is 13.6. The zero-order chi connectivity index (χ0) is 17.1. The highest BCUT2D eigenvalue weighted by molar-refractivity contribution is 5.94. The van der Waals surface area contributed by atoms with Crippen molar-refractivity contribution in [2.75, 3.05) is 32.1 Å². The average Bonchev–Trinajstić information content (AvgIpc) is 3.03. The van der Waals surface area contributed by atoms with Crippen LogP contribution in [0.25, 0.3) is 0 Å². The van der Waals surface area contributed by atoms with Crippen molar-refractivity contribution in [3.63, 3.8) is 0 Å². The number of hydrogen-bond donors (Lipinski definition) is 0. The number of carbonyl (C=O) groups is 1. The molecule has 24 heavy (non-hydrogen) atoms. The molecule has 0 radical (unpaired) electrons. The maximum absolute atomic E-state index is 13.7. The third-order valence-electron chi connectivity index (χ3n) is 3.90. The monoisotopic (exact) mass is 330 g/mol. The molecular formula is C17H19FN4O2. The van der Waals surface area contributed by atoms with Crippen LogP contribution in [0, 0.1) is 5.82 Å². The number of ether oxygens (including phenoxy) is 1. The van der Waals surface area contributed by atoms with E-state index in [0.29, 0.717) is 25.3 Å². The van der Waals surface area contributed by atoms with Gasteiger partial charge in [-0.15, -0.1) is 0 Å². The van der Waals surface area contributed by atoms with Crippen molar-refractivity contribution in [3.05, 3.63) is 48.2 Å². The number of rotatable bonds is 4. The molecular weight excluding hydrogens is 311 g/mol. The molecule has 0 spiro atoms. The normalized spacial score (nSPS) is 17.0. The summed E-state index contributed by atoms with van der Waals surface area (Å²) < 4.78 is 19.7. The van der Waals surface area contributed by atoms with E-state index in [-0.39, 0.29) is 17.6 Å². The maximum Gasteiger partial charge on any atom is 0.257 e. The molecule has 6 nitrogen and oxygen atoms in total. The fourth-order valence-electron chi connectivity index (χ4n) is 2.72. The highest BCUT2D eigenvalue weighted by atomic mass is 19.1. The van der Waals surface area contributed by atoms with Crippen LogP contribution in [0.2, 0.25) is 0 Å². The fourth-order valence-corrected chi connectivity index (χ4v) is 2.72. The Morgan fingerprint density at radius 1 is 1.38 bits per heavy atom. The molecule has 0 unspecified atom stereocenters. The number of aromatic nitrogens is 2. The van der Waals surface area contributed by atoms with Crippen LogP contribution in [0.5, 0.6) is 5.75 Å². The molecule has 1 aliphatic heterocycles. The summed E-state index contributed by atoms with van der Waals surface area (Å²) in [6.45, 7) is 0.950. The second-order valence-electron chi connectivity index (χ2n) is 5.85. The Labute approximate surface area is 139 Å². The Hall–Kier alpha value is -2.70. The number of nitrogens with zero attached hydrogens (tertiary/aromatic N) is 4. The summed E-state index contributed by atoms with van der Waals surface area (Å²) >= 11 is 0. The van der Waals surface area contributed by atoms with E-state index in [4.69, 9.17) is 4.74 Å². The molecule has 1 aliphatic rings. The lowest BCUT2D eigenvalue weighted by molar-refractivity contribution is 0.0767. The van der Waals surface area contributed by atoms with Gasteiger partial charge in [-0.1, -0.05) is 0 Å². The van der Waals surface area contributed by atoms with E-state index in [1.807, 2.05) is 31.1 Å². The molecule has 2 aromatic rings. The van der Waals surface area contributed by atoms with Crippen LogP contribution in [0.15, 0.2) is 36.8 Å². The van der Waals surface area contributed by atoms with Crippen LogP contribution < -0.4 is 9.64 Å². The predicted molar refractivity (Wildman–Crippen MR) is 87.7 cm³/mol. The van der Waals surface area contributed by atoms with E-state index in [1.165, 1.54) is 12.3 Å². The van der Waals surface area contributed by atoms with Crippen molar-refractivity contribution < 1.29 is 13.9 Å². The standard InChI is InChI=1S/C17H19FN4O2/c1-21(2)16-15(4-3-7-20-16)24-12-6-9-22(11-12)17(23)13-5-8-19-10-14(13)18/h3-5,7-8,10,12H,6,9,11H2,1-2H3/t12-/m0/s1. The smallest absolute Gasteiger partial charge is 0.257 e. The average molecular weight is 330 g/mol. The largest absolute Gasteiger partial charge is 0.485 e. The van der Waals surface area contributed by atoms with Gasteiger partial charge in [0, 0.05) is 39.5 Å². The summed E-state index contributed by atoms with van der Waals surface area (Å²) in [5.41, 5.74) is 0.0426. The molecule has 0 bridgehead atoms. The first-order valence-corrected chi connectivity index (χ1v) is 7.74. The van der Waals surface area contributed by atoms with Gasteiger partial charge in [-0.25, -0.2) is 9.37 Å². The van der Waals surface area contributed by atoms with Crippen molar-refractivity contribution in [3.8, 4) is 5.75 Å². The summed E-state index contributed by atoms with van der Waals surface area (Å²) in [6, 6.07) is 5.07. The Balaban J connectivity index is 1.68. The van der Waals surface area contributed by atoms with Gasteiger partial charge in [0.2, 0.25) is 0 Å². The van der Waals surface area contributed by atoms with Gasteiger partial charge >= 0.3 is 0 Å². The van der Waals surface area contributed by atoms with E-state index >= 15 is 0 Å². The van der Waals surface area contributed by atoms with Crippen molar-refractivity contribution in [2.24, 2.45) is 0 Å². The van der Waals surface area contributed by atoms with Gasteiger partial charge in [-0.3, -0.25) is 9.78 Å². The minimum Gasteiger partial charge on any atom is -0.485 e. The first-order valence-electron chi connectivity index (χ1n) is 7.74. The van der Waals surface area contributed by atoms with Crippen LogP contribution in [-0.2, 0) is 0 Å². The second kappa shape index (κ2) is 6.82. The zero-order valence-electron chi connectivity index (χ0n) is 13.6. The number of halogens is 1. The first kappa shape index (κ1) is 16.2. The summed E-state index contributed by atoms with van der Waals surface area (Å²) in [4.78, 5) is 23.9. The molecule has 3 heterocycles. The van der Waals surface area contributed by atoms with Gasteiger partial charge in [-0.2, -0.15) is 0 Å². The third kappa shape index (κ3) is 3.29. The Morgan fingerprint density at radius 2 is 2.21 bits per heavy atom. The number of pyridine rings is 2. The second-order valence-corrected chi connectivity index (χ2v) is 5.85. The van der Waals surface area contributed by atoms with Crippen LogP contribution in [0.1, 0.15) is 16.8 Å². The summed E-state index contributed by atoms with van der Waals surface area (Å²) in [7, 11) is 3.79. The summed E-state index contributed by atoms with van der Waals surface area (Å²) in [5, 5.41) is 0. The van der Waals surface area contributed by atoms with E-state index < -0.39 is 5.82 Å². The lowest BCUT2D eigenvalue weighted by Crippen LogP contribution is -2.31. The highest BCUT2D eigenvalue weighted by Crippen LogP contribution is 2.27. The molecule has 1 fully saturated rings. The molecule has 2 aromatic heterocycles. The van der Waals surface area contributed by atoms with Gasteiger partial charge in [-0.05, 0) is 18.2 Å². The maximum atomic E-state index is 13.7. The SMILES string of the molecule is CN(C)c1ncccc1O[C@H]1CCN(C(=O)c2ccncc2F)C1. The van der Waals surface area contributed by atoms with Gasteiger partial charge in [0.25, 0.3) is 5.91 Å². The lowest BCUT2D eigenvalue weighted by Gasteiger charge is -2.20. The highest BCUT2D eigenvalue weighted by Gasteiger charge is 2.30. The third-order valence-corrected chi connectivity index (χ3v) is 3.90. The van der Waals surface area contributed by atoms with Gasteiger partial charge in [0.15, 0.2) is 17.4 Å². The molecule has 0 N–H and O–H groups in total. The number of carbonyl (C=O) groups excluding carboxylic acids is 1. The van der Waals surface area contributed by atoms with E-state index in [0.717, 1.165) is 12.0 Å². The Bertz CT molecular complexity index is 738. The Kier molecular flexibility index (Phi) is 4.59. The number of amides is 1. The van der Waals surface area contributed by atoms with Crippen LogP contribution in [0.4, 0.5) is 10.2 Å². The lowest BCUT2D eigenvalue weighted by atomic mass is 10.2. The van der Waals surface area contributed by atoms with Gasteiger partial charge in [0.1, 0.15) is 6.10 Å². The van der Waals surface area contributed by atoms with Gasteiger partial charge in [0.05, 0.1) is 18.3 Å². The van der Waals surface area contributed by atoms with E-state index in [9.17, 15) is 9.18 Å². The van der Waals surface area contributed by atoms with Crippen LogP contribution in [0.3, 0.4) is 0 Å². The molecule has 7 heteroatoms. The molecule has 1 saturated heterocycles. The number of hydrogen-bond acceptors (Lipinski definition) is 5. The van der Waals surface area contributed by atoms with Crippen molar-refractivity contribution in [1.82, 2.24) is 14.9 Å². The fraction of sp³-hybridized carbons (Fsp3) is 0.353. The summed E-state index contributed by atoms with van der Waals surface area (Å²) in [5.74, 6) is 0.480.